The van der Waals surface area contributed by atoms with Crippen LogP contribution in [-0.4, -0.2) is 49.6 Å². The van der Waals surface area contributed by atoms with E-state index in [2.05, 4.69) is 61.8 Å². The molecule has 1 saturated heterocycles. The summed E-state index contributed by atoms with van der Waals surface area (Å²) in [4.78, 5) is 6.22. The molecule has 0 spiro atoms. The van der Waals surface area contributed by atoms with Crippen molar-refractivity contribution in [1.82, 2.24) is 9.80 Å². The second-order valence-electron chi connectivity index (χ2n) is 5.28. The van der Waals surface area contributed by atoms with E-state index in [1.807, 2.05) is 0 Å². The predicted octanol–water partition coefficient (Wildman–Crippen LogP) is 3.30. The van der Waals surface area contributed by atoms with Crippen LogP contribution in [0, 0.1) is 0 Å². The van der Waals surface area contributed by atoms with Crippen LogP contribution in [0.1, 0.15) is 23.8 Å². The van der Waals surface area contributed by atoms with Gasteiger partial charge in [0.05, 0.1) is 9.83 Å². The molecule has 108 valence electrons. The Balaban J connectivity index is 2.12. The molecule has 1 aliphatic heterocycles. The van der Waals surface area contributed by atoms with Crippen molar-refractivity contribution >= 4 is 43.2 Å². The zero-order valence-electron chi connectivity index (χ0n) is 11.4. The Bertz CT molecular complexity index is 403. The van der Waals surface area contributed by atoms with E-state index < -0.39 is 0 Å². The van der Waals surface area contributed by atoms with Gasteiger partial charge in [0.25, 0.3) is 0 Å². The molecule has 1 aromatic heterocycles. The highest BCUT2D eigenvalue weighted by molar-refractivity contribution is 9.13. The van der Waals surface area contributed by atoms with E-state index in [4.69, 9.17) is 5.73 Å². The van der Waals surface area contributed by atoms with E-state index >= 15 is 0 Å². The molecule has 0 radical (unpaired) electrons. The minimum atomic E-state index is 0.343. The molecule has 2 rings (SSSR count). The van der Waals surface area contributed by atoms with E-state index in [0.29, 0.717) is 18.6 Å². The molecule has 0 aliphatic carbocycles. The molecule has 0 saturated carbocycles. The molecule has 0 bridgehead atoms. The quantitative estimate of drug-likeness (QED) is 0.826. The molecular weight excluding hydrogens is 390 g/mol. The van der Waals surface area contributed by atoms with Crippen LogP contribution in [0.25, 0.3) is 0 Å². The molecule has 6 heteroatoms. The van der Waals surface area contributed by atoms with Gasteiger partial charge in [-0.25, -0.2) is 0 Å². The third kappa shape index (κ3) is 3.80. The molecule has 1 aliphatic rings. The van der Waals surface area contributed by atoms with E-state index in [-0.39, 0.29) is 0 Å². The first-order chi connectivity index (χ1) is 9.02. The maximum absolute atomic E-state index is 6.04. The van der Waals surface area contributed by atoms with Gasteiger partial charge >= 0.3 is 0 Å². The lowest BCUT2D eigenvalue weighted by Crippen LogP contribution is -2.47. The number of rotatable bonds is 4. The topological polar surface area (TPSA) is 32.5 Å². The first kappa shape index (κ1) is 15.9. The molecule has 2 unspecified atom stereocenters. The van der Waals surface area contributed by atoms with Crippen LogP contribution in [0.3, 0.4) is 0 Å². The van der Waals surface area contributed by atoms with Crippen molar-refractivity contribution in [3.05, 3.63) is 19.2 Å². The number of likely N-dealkylation sites (N-methyl/N-ethyl adjacent to an activating group) is 1. The standard InChI is InChI=1S/C13H21Br2N3S/c1-17(2)9-4-3-5-18(8-9)11(7-16)12-6-10(14)13(15)19-12/h6,9,11H,3-5,7-8,16H2,1-2H3. The summed E-state index contributed by atoms with van der Waals surface area (Å²) in [7, 11) is 4.34. The fourth-order valence-electron chi connectivity index (χ4n) is 2.66. The number of nitrogens with zero attached hydrogens (tertiary/aromatic N) is 2. The number of thiophene rings is 1. The summed E-state index contributed by atoms with van der Waals surface area (Å²) < 4.78 is 2.29. The van der Waals surface area contributed by atoms with Crippen LogP contribution in [0.4, 0.5) is 0 Å². The molecular formula is C13H21Br2N3S. The summed E-state index contributed by atoms with van der Waals surface area (Å²) in [6, 6.07) is 3.19. The van der Waals surface area contributed by atoms with Gasteiger partial charge in [0.1, 0.15) is 0 Å². The van der Waals surface area contributed by atoms with Crippen molar-refractivity contribution in [2.75, 3.05) is 33.7 Å². The van der Waals surface area contributed by atoms with Crippen LogP contribution in [0.2, 0.25) is 0 Å². The second kappa shape index (κ2) is 7.00. The lowest BCUT2D eigenvalue weighted by molar-refractivity contribution is 0.0997. The Morgan fingerprint density at radius 3 is 2.79 bits per heavy atom. The Morgan fingerprint density at radius 2 is 2.26 bits per heavy atom. The number of likely N-dealkylation sites (tertiary alicyclic amines) is 1. The van der Waals surface area contributed by atoms with Crippen molar-refractivity contribution in [3.63, 3.8) is 0 Å². The zero-order valence-corrected chi connectivity index (χ0v) is 15.4. The van der Waals surface area contributed by atoms with Gasteiger partial charge in [0.15, 0.2) is 0 Å². The SMILES string of the molecule is CN(C)C1CCCN(C(CN)c2cc(Br)c(Br)s2)C1. The first-order valence-corrected chi connectivity index (χ1v) is 8.98. The molecule has 2 atom stereocenters. The molecule has 19 heavy (non-hydrogen) atoms. The molecule has 3 nitrogen and oxygen atoms in total. The highest BCUT2D eigenvalue weighted by atomic mass is 79.9. The predicted molar refractivity (Wildman–Crippen MR) is 89.8 cm³/mol. The van der Waals surface area contributed by atoms with Crippen molar-refractivity contribution in [1.29, 1.82) is 0 Å². The summed E-state index contributed by atoms with van der Waals surface area (Å²) in [6.07, 6.45) is 2.55. The Kier molecular flexibility index (Phi) is 5.87. The lowest BCUT2D eigenvalue weighted by atomic mass is 10.0. The van der Waals surface area contributed by atoms with Gasteiger partial charge in [-0.3, -0.25) is 4.90 Å². The maximum atomic E-state index is 6.04. The number of nitrogens with two attached hydrogens (primary N) is 1. The summed E-state index contributed by atoms with van der Waals surface area (Å²) in [6.45, 7) is 2.95. The summed E-state index contributed by atoms with van der Waals surface area (Å²) in [5, 5.41) is 0. The van der Waals surface area contributed by atoms with E-state index in [1.165, 1.54) is 17.7 Å². The van der Waals surface area contributed by atoms with Gasteiger partial charge < -0.3 is 10.6 Å². The van der Waals surface area contributed by atoms with Crippen LogP contribution in [-0.2, 0) is 0 Å². The maximum Gasteiger partial charge on any atom is 0.0843 e. The van der Waals surface area contributed by atoms with Crippen LogP contribution >= 0.6 is 43.2 Å². The largest absolute Gasteiger partial charge is 0.329 e. The van der Waals surface area contributed by atoms with Gasteiger partial charge in [-0.05, 0) is 71.4 Å². The molecule has 0 amide bonds. The fraction of sp³-hybridized carbons (Fsp3) is 0.692. The summed E-state index contributed by atoms with van der Waals surface area (Å²) in [5.74, 6) is 0. The van der Waals surface area contributed by atoms with Crippen molar-refractivity contribution in [2.24, 2.45) is 5.73 Å². The Hall–Kier alpha value is 0.540. The van der Waals surface area contributed by atoms with E-state index in [1.54, 1.807) is 11.3 Å². The molecule has 2 heterocycles. The van der Waals surface area contributed by atoms with Crippen molar-refractivity contribution < 1.29 is 0 Å². The minimum absolute atomic E-state index is 0.343. The monoisotopic (exact) mass is 409 g/mol. The number of halogens is 2. The smallest absolute Gasteiger partial charge is 0.0843 e. The average Bonchev–Trinajstić information content (AvgIpc) is 2.70. The highest BCUT2D eigenvalue weighted by Gasteiger charge is 2.28. The highest BCUT2D eigenvalue weighted by Crippen LogP contribution is 2.37. The summed E-state index contributed by atoms with van der Waals surface area (Å²) >= 11 is 8.93. The molecule has 1 fully saturated rings. The van der Waals surface area contributed by atoms with Gasteiger partial charge in [-0.15, -0.1) is 11.3 Å². The van der Waals surface area contributed by atoms with Crippen LogP contribution in [0.15, 0.2) is 14.3 Å². The van der Waals surface area contributed by atoms with Gasteiger partial charge in [-0.1, -0.05) is 0 Å². The second-order valence-corrected chi connectivity index (χ2v) is 8.53. The van der Waals surface area contributed by atoms with Gasteiger partial charge in [0, 0.05) is 28.5 Å². The van der Waals surface area contributed by atoms with Crippen molar-refractivity contribution in [2.45, 2.75) is 24.9 Å². The zero-order chi connectivity index (χ0) is 14.0. The van der Waals surface area contributed by atoms with Gasteiger partial charge in [-0.2, -0.15) is 0 Å². The van der Waals surface area contributed by atoms with Crippen molar-refractivity contribution in [3.8, 4) is 0 Å². The third-order valence-corrected chi connectivity index (χ3v) is 7.17. The normalized spacial score (nSPS) is 22.9. The molecule has 1 aromatic rings. The fourth-order valence-corrected chi connectivity index (χ4v) is 4.90. The third-order valence-electron chi connectivity index (χ3n) is 3.81. The lowest BCUT2D eigenvalue weighted by Gasteiger charge is -2.39. The number of hydrogen-bond donors (Lipinski definition) is 1. The first-order valence-electron chi connectivity index (χ1n) is 6.58. The van der Waals surface area contributed by atoms with Gasteiger partial charge in [0.2, 0.25) is 0 Å². The number of hydrogen-bond acceptors (Lipinski definition) is 4. The minimum Gasteiger partial charge on any atom is -0.329 e. The Labute approximate surface area is 136 Å². The number of piperidine rings is 1. The molecule has 2 N–H and O–H groups in total. The average molecular weight is 411 g/mol. The Morgan fingerprint density at radius 1 is 1.53 bits per heavy atom. The summed E-state index contributed by atoms with van der Waals surface area (Å²) in [5.41, 5.74) is 6.04. The van der Waals surface area contributed by atoms with E-state index in [9.17, 15) is 0 Å². The van der Waals surface area contributed by atoms with Crippen LogP contribution < -0.4 is 5.73 Å². The van der Waals surface area contributed by atoms with Crippen LogP contribution in [0.5, 0.6) is 0 Å². The van der Waals surface area contributed by atoms with E-state index in [0.717, 1.165) is 21.3 Å². The molecule has 0 aromatic carbocycles.